The summed E-state index contributed by atoms with van der Waals surface area (Å²) in [4.78, 5) is 4.27. The maximum Gasteiger partial charge on any atom is 0.138 e. The Bertz CT molecular complexity index is 450. The average molecular weight is 274 g/mol. The molecule has 0 saturated carbocycles. The van der Waals surface area contributed by atoms with Gasteiger partial charge in [-0.2, -0.15) is 0 Å². The van der Waals surface area contributed by atoms with E-state index in [-0.39, 0.29) is 6.10 Å². The second kappa shape index (κ2) is 6.86. The zero-order valence-electron chi connectivity index (χ0n) is 11.8. The van der Waals surface area contributed by atoms with E-state index in [1.165, 1.54) is 12.8 Å². The number of pyridine rings is 1. The normalized spacial score (nSPS) is 24.3. The van der Waals surface area contributed by atoms with E-state index in [9.17, 15) is 0 Å². The molecule has 2 fully saturated rings. The Morgan fingerprint density at radius 3 is 2.95 bits per heavy atom. The van der Waals surface area contributed by atoms with Crippen molar-refractivity contribution in [2.24, 2.45) is 0 Å². The fourth-order valence-corrected chi connectivity index (χ4v) is 2.68. The van der Waals surface area contributed by atoms with E-state index in [2.05, 4.69) is 28.5 Å². The Balaban J connectivity index is 1.59. The van der Waals surface area contributed by atoms with Gasteiger partial charge in [0.2, 0.25) is 0 Å². The van der Waals surface area contributed by atoms with Crippen LogP contribution >= 0.6 is 0 Å². The molecule has 1 N–H and O–H groups in total. The molecule has 4 heteroatoms. The number of hydrogen-bond donors (Lipinski definition) is 1. The van der Waals surface area contributed by atoms with Crippen LogP contribution in [0.5, 0.6) is 5.75 Å². The summed E-state index contributed by atoms with van der Waals surface area (Å²) in [7, 11) is 0. The first-order valence-electron chi connectivity index (χ1n) is 7.51. The molecule has 0 aliphatic carbocycles. The van der Waals surface area contributed by atoms with Crippen LogP contribution in [0.4, 0.5) is 0 Å². The molecule has 3 heterocycles. The molecule has 0 spiro atoms. The fourth-order valence-electron chi connectivity index (χ4n) is 2.68. The van der Waals surface area contributed by atoms with Crippen LogP contribution in [0.3, 0.4) is 0 Å². The van der Waals surface area contributed by atoms with E-state index >= 15 is 0 Å². The predicted molar refractivity (Wildman–Crippen MR) is 78.8 cm³/mol. The minimum absolute atomic E-state index is 0.265. The van der Waals surface area contributed by atoms with Crippen molar-refractivity contribution in [1.82, 2.24) is 10.3 Å². The first-order valence-corrected chi connectivity index (χ1v) is 7.51. The molecule has 0 unspecified atom stereocenters. The van der Waals surface area contributed by atoms with Crippen molar-refractivity contribution in [2.45, 2.75) is 37.8 Å². The van der Waals surface area contributed by atoms with Gasteiger partial charge in [-0.3, -0.25) is 4.98 Å². The number of aromatic nitrogens is 1. The summed E-state index contributed by atoms with van der Waals surface area (Å²) >= 11 is 0. The standard InChI is InChI=1S/C16H22N2O2/c1-2-14(18-7-1)4-3-13-10-16(12-17-11-13)20-15-5-8-19-9-6-15/h3-4,10-12,14-15,18H,1-2,5-9H2/t14-/m0/s1. The molecule has 0 amide bonds. The quantitative estimate of drug-likeness (QED) is 0.915. The second-order valence-electron chi connectivity index (χ2n) is 5.45. The van der Waals surface area contributed by atoms with E-state index in [1.807, 2.05) is 6.20 Å². The first-order chi connectivity index (χ1) is 9.90. The summed E-state index contributed by atoms with van der Waals surface area (Å²) in [5.74, 6) is 0.860. The summed E-state index contributed by atoms with van der Waals surface area (Å²) in [5, 5.41) is 3.45. The molecule has 108 valence electrons. The van der Waals surface area contributed by atoms with Crippen molar-refractivity contribution in [3.8, 4) is 5.75 Å². The second-order valence-corrected chi connectivity index (χ2v) is 5.45. The van der Waals surface area contributed by atoms with Crippen molar-refractivity contribution < 1.29 is 9.47 Å². The molecular formula is C16H22N2O2. The van der Waals surface area contributed by atoms with Crippen molar-refractivity contribution in [1.29, 1.82) is 0 Å². The third kappa shape index (κ3) is 3.81. The Kier molecular flexibility index (Phi) is 4.66. The molecule has 3 rings (SSSR count). The van der Waals surface area contributed by atoms with Gasteiger partial charge in [-0.1, -0.05) is 12.2 Å². The lowest BCUT2D eigenvalue weighted by Crippen LogP contribution is -2.25. The lowest BCUT2D eigenvalue weighted by atomic mass is 10.1. The Hall–Kier alpha value is -1.39. The lowest BCUT2D eigenvalue weighted by molar-refractivity contribution is 0.0254. The zero-order chi connectivity index (χ0) is 13.6. The molecule has 1 atom stereocenters. The zero-order valence-corrected chi connectivity index (χ0v) is 11.8. The molecule has 2 saturated heterocycles. The van der Waals surface area contributed by atoms with Crippen LogP contribution in [-0.4, -0.2) is 36.9 Å². The van der Waals surface area contributed by atoms with Crippen molar-refractivity contribution >= 4 is 6.08 Å². The smallest absolute Gasteiger partial charge is 0.138 e. The lowest BCUT2D eigenvalue weighted by Gasteiger charge is -2.23. The van der Waals surface area contributed by atoms with Gasteiger partial charge in [-0.15, -0.1) is 0 Å². The number of hydrogen-bond acceptors (Lipinski definition) is 4. The first kappa shape index (κ1) is 13.6. The summed E-state index contributed by atoms with van der Waals surface area (Å²) in [6.45, 7) is 2.72. The molecule has 2 aliphatic rings. The number of ether oxygens (including phenoxy) is 2. The minimum Gasteiger partial charge on any atom is -0.489 e. The summed E-state index contributed by atoms with van der Waals surface area (Å²) in [6, 6.07) is 2.57. The number of nitrogens with one attached hydrogen (secondary N) is 1. The van der Waals surface area contributed by atoms with Crippen LogP contribution in [0.1, 0.15) is 31.2 Å². The van der Waals surface area contributed by atoms with E-state index in [0.717, 1.165) is 43.9 Å². The molecule has 20 heavy (non-hydrogen) atoms. The third-order valence-corrected chi connectivity index (χ3v) is 3.82. The number of rotatable bonds is 4. The maximum atomic E-state index is 5.98. The summed E-state index contributed by atoms with van der Waals surface area (Å²) in [6.07, 6.45) is 12.7. The van der Waals surface area contributed by atoms with Gasteiger partial charge < -0.3 is 14.8 Å². The molecule has 0 radical (unpaired) electrons. The van der Waals surface area contributed by atoms with E-state index in [0.29, 0.717) is 6.04 Å². The highest BCUT2D eigenvalue weighted by atomic mass is 16.5. The predicted octanol–water partition coefficient (Wildman–Crippen LogP) is 2.40. The largest absolute Gasteiger partial charge is 0.489 e. The molecule has 1 aromatic rings. The van der Waals surface area contributed by atoms with Gasteiger partial charge in [-0.05, 0) is 31.0 Å². The minimum atomic E-state index is 0.265. The number of nitrogens with zero attached hydrogens (tertiary/aromatic N) is 1. The van der Waals surface area contributed by atoms with Crippen molar-refractivity contribution in [3.05, 3.63) is 30.1 Å². The Morgan fingerprint density at radius 1 is 1.25 bits per heavy atom. The van der Waals surface area contributed by atoms with E-state index in [1.54, 1.807) is 6.20 Å². The van der Waals surface area contributed by atoms with Gasteiger partial charge in [0.25, 0.3) is 0 Å². The maximum absolute atomic E-state index is 5.98. The average Bonchev–Trinajstić information content (AvgIpc) is 3.00. The van der Waals surface area contributed by atoms with Crippen LogP contribution in [0.2, 0.25) is 0 Å². The Morgan fingerprint density at radius 2 is 2.15 bits per heavy atom. The van der Waals surface area contributed by atoms with Crippen LogP contribution in [-0.2, 0) is 4.74 Å². The van der Waals surface area contributed by atoms with Gasteiger partial charge in [0.15, 0.2) is 0 Å². The molecule has 4 nitrogen and oxygen atoms in total. The summed E-state index contributed by atoms with van der Waals surface area (Å²) < 4.78 is 11.3. The Labute approximate surface area is 120 Å². The fraction of sp³-hybridized carbons (Fsp3) is 0.562. The monoisotopic (exact) mass is 274 g/mol. The van der Waals surface area contributed by atoms with Gasteiger partial charge in [0.1, 0.15) is 11.9 Å². The SMILES string of the molecule is C(=C[C@@H]1CCCN1)c1cncc(OC2CCOCC2)c1. The van der Waals surface area contributed by atoms with Crippen LogP contribution in [0.25, 0.3) is 6.08 Å². The van der Waals surface area contributed by atoms with Gasteiger partial charge in [0.05, 0.1) is 19.4 Å². The highest BCUT2D eigenvalue weighted by Crippen LogP contribution is 2.19. The van der Waals surface area contributed by atoms with E-state index < -0.39 is 0 Å². The molecule has 1 aromatic heterocycles. The highest BCUT2D eigenvalue weighted by Gasteiger charge is 2.15. The topological polar surface area (TPSA) is 43.4 Å². The third-order valence-electron chi connectivity index (χ3n) is 3.82. The van der Waals surface area contributed by atoms with Crippen LogP contribution in [0, 0.1) is 0 Å². The molecule has 0 aromatic carbocycles. The molecule has 2 aliphatic heterocycles. The van der Waals surface area contributed by atoms with E-state index in [4.69, 9.17) is 9.47 Å². The van der Waals surface area contributed by atoms with Crippen molar-refractivity contribution in [3.63, 3.8) is 0 Å². The molecule has 0 bridgehead atoms. The van der Waals surface area contributed by atoms with Crippen LogP contribution < -0.4 is 10.1 Å². The van der Waals surface area contributed by atoms with Gasteiger partial charge in [-0.25, -0.2) is 0 Å². The van der Waals surface area contributed by atoms with Crippen molar-refractivity contribution in [2.75, 3.05) is 19.8 Å². The summed E-state index contributed by atoms with van der Waals surface area (Å²) in [5.41, 5.74) is 1.10. The van der Waals surface area contributed by atoms with Gasteiger partial charge in [0, 0.05) is 25.1 Å². The molecular weight excluding hydrogens is 252 g/mol. The highest BCUT2D eigenvalue weighted by molar-refractivity contribution is 5.50. The van der Waals surface area contributed by atoms with Gasteiger partial charge >= 0.3 is 0 Å². The van der Waals surface area contributed by atoms with Crippen LogP contribution in [0.15, 0.2) is 24.5 Å².